The van der Waals surface area contributed by atoms with E-state index < -0.39 is 5.41 Å². The molecule has 0 aliphatic carbocycles. The van der Waals surface area contributed by atoms with Crippen molar-refractivity contribution in [2.75, 3.05) is 38.7 Å². The van der Waals surface area contributed by atoms with E-state index in [4.69, 9.17) is 9.47 Å². The summed E-state index contributed by atoms with van der Waals surface area (Å²) in [5, 5.41) is 3.83. The minimum Gasteiger partial charge on any atom is -0.493 e. The average Bonchev–Trinajstić information content (AvgIpc) is 3.00. The highest BCUT2D eigenvalue weighted by Crippen LogP contribution is 2.36. The van der Waals surface area contributed by atoms with Crippen LogP contribution in [0, 0.1) is 11.7 Å². The number of hydrogen-bond donors (Lipinski definition) is 1. The summed E-state index contributed by atoms with van der Waals surface area (Å²) in [6, 6.07) is 17.4. The number of carbonyl (C=O) groups excluding carboxylic acids is 1. The van der Waals surface area contributed by atoms with Crippen LogP contribution in [-0.4, -0.2) is 54.1 Å². The SMILES string of the molecule is CCN1CCC(COc2cc3ncnc(-c4ccc(NC(=O)C(C)(C)c5ccc(F)cc5)cc4)c3cc2OC)CC1. The van der Waals surface area contributed by atoms with Crippen molar-refractivity contribution in [1.29, 1.82) is 0 Å². The Hall–Kier alpha value is -4.04. The van der Waals surface area contributed by atoms with Crippen molar-refractivity contribution in [3.8, 4) is 22.8 Å². The smallest absolute Gasteiger partial charge is 0.234 e. The number of aromatic nitrogens is 2. The first kappa shape index (κ1) is 28.5. The zero-order chi connectivity index (χ0) is 29.0. The molecule has 1 aliphatic rings. The monoisotopic (exact) mass is 556 g/mol. The molecule has 4 aromatic rings. The van der Waals surface area contributed by atoms with Crippen molar-refractivity contribution in [3.05, 3.63) is 78.4 Å². The van der Waals surface area contributed by atoms with Gasteiger partial charge in [-0.1, -0.05) is 31.2 Å². The number of ether oxygens (including phenoxy) is 2. The third-order valence-corrected chi connectivity index (χ3v) is 8.10. The van der Waals surface area contributed by atoms with E-state index in [0.29, 0.717) is 29.7 Å². The fourth-order valence-corrected chi connectivity index (χ4v) is 5.24. The number of methoxy groups -OCH3 is 1. The molecule has 1 saturated heterocycles. The van der Waals surface area contributed by atoms with E-state index in [1.54, 1.807) is 25.6 Å². The van der Waals surface area contributed by atoms with Crippen LogP contribution >= 0.6 is 0 Å². The number of amides is 1. The maximum Gasteiger partial charge on any atom is 0.234 e. The number of fused-ring (bicyclic) bond motifs is 1. The number of halogens is 1. The summed E-state index contributed by atoms with van der Waals surface area (Å²) in [6.07, 6.45) is 3.82. The second kappa shape index (κ2) is 12.2. The highest BCUT2D eigenvalue weighted by Gasteiger charge is 2.30. The Kier molecular flexibility index (Phi) is 8.49. The molecule has 41 heavy (non-hydrogen) atoms. The van der Waals surface area contributed by atoms with Crippen molar-refractivity contribution in [1.82, 2.24) is 14.9 Å². The Morgan fingerprint density at radius 3 is 2.39 bits per heavy atom. The summed E-state index contributed by atoms with van der Waals surface area (Å²) >= 11 is 0. The normalized spacial score (nSPS) is 14.7. The highest BCUT2D eigenvalue weighted by molar-refractivity contribution is 5.99. The van der Waals surface area contributed by atoms with Gasteiger partial charge >= 0.3 is 0 Å². The van der Waals surface area contributed by atoms with Crippen LogP contribution in [0.25, 0.3) is 22.2 Å². The van der Waals surface area contributed by atoms with Crippen LogP contribution in [0.2, 0.25) is 0 Å². The van der Waals surface area contributed by atoms with Crippen LogP contribution in [0.4, 0.5) is 10.1 Å². The van der Waals surface area contributed by atoms with E-state index in [-0.39, 0.29) is 11.7 Å². The molecular weight excluding hydrogens is 519 g/mol. The standard InChI is InChI=1S/C33H37FN4O3/c1-5-38-16-14-22(15-17-38)20-41-30-19-28-27(18-29(30)40-4)31(36-21-35-28)23-6-12-26(13-7-23)37-32(39)33(2,3)24-8-10-25(34)11-9-24/h6-13,18-19,21-22H,5,14-17,20H2,1-4H3,(H,37,39). The quantitative estimate of drug-likeness (QED) is 0.255. The Morgan fingerprint density at radius 2 is 1.73 bits per heavy atom. The number of hydrogen-bond acceptors (Lipinski definition) is 6. The number of nitrogens with one attached hydrogen (secondary N) is 1. The van der Waals surface area contributed by atoms with Crippen molar-refractivity contribution in [2.45, 2.75) is 39.0 Å². The van der Waals surface area contributed by atoms with Crippen LogP contribution < -0.4 is 14.8 Å². The number of rotatable bonds is 9. The van der Waals surface area contributed by atoms with Gasteiger partial charge in [-0.05, 0) is 88.1 Å². The van der Waals surface area contributed by atoms with Gasteiger partial charge in [0.15, 0.2) is 11.5 Å². The van der Waals surface area contributed by atoms with Crippen LogP contribution in [0.5, 0.6) is 11.5 Å². The first-order valence-electron chi connectivity index (χ1n) is 14.1. The molecule has 2 heterocycles. The van der Waals surface area contributed by atoms with E-state index in [9.17, 15) is 9.18 Å². The number of anilines is 1. The van der Waals surface area contributed by atoms with Crippen LogP contribution in [0.3, 0.4) is 0 Å². The van der Waals surface area contributed by atoms with Gasteiger partial charge in [-0.2, -0.15) is 0 Å². The predicted octanol–water partition coefficient (Wildman–Crippen LogP) is 6.47. The molecule has 5 rings (SSSR count). The molecule has 0 spiro atoms. The molecule has 8 heteroatoms. The summed E-state index contributed by atoms with van der Waals surface area (Å²) in [7, 11) is 1.64. The topological polar surface area (TPSA) is 76.6 Å². The van der Waals surface area contributed by atoms with Crippen LogP contribution in [0.1, 0.15) is 39.2 Å². The lowest BCUT2D eigenvalue weighted by Crippen LogP contribution is -2.35. The molecule has 0 atom stereocenters. The first-order valence-corrected chi connectivity index (χ1v) is 14.1. The first-order chi connectivity index (χ1) is 19.8. The summed E-state index contributed by atoms with van der Waals surface area (Å²) in [5.41, 5.74) is 2.97. The van der Waals surface area contributed by atoms with Crippen LogP contribution in [0.15, 0.2) is 67.0 Å². The van der Waals surface area contributed by atoms with E-state index >= 15 is 0 Å². The zero-order valence-electron chi connectivity index (χ0n) is 24.1. The molecule has 0 unspecified atom stereocenters. The maximum absolute atomic E-state index is 13.4. The predicted molar refractivity (Wildman–Crippen MR) is 160 cm³/mol. The molecule has 1 aliphatic heterocycles. The number of benzene rings is 3. The molecule has 3 aromatic carbocycles. The molecule has 1 N–H and O–H groups in total. The summed E-state index contributed by atoms with van der Waals surface area (Å²) in [6.45, 7) is 9.82. The van der Waals surface area contributed by atoms with Gasteiger partial charge in [0.25, 0.3) is 0 Å². The fourth-order valence-electron chi connectivity index (χ4n) is 5.24. The van der Waals surface area contributed by atoms with E-state index in [1.807, 2.05) is 50.2 Å². The van der Waals surface area contributed by atoms with Crippen molar-refractivity contribution in [3.63, 3.8) is 0 Å². The van der Waals surface area contributed by atoms with Gasteiger partial charge < -0.3 is 19.7 Å². The lowest BCUT2D eigenvalue weighted by Gasteiger charge is -2.30. The molecular formula is C33H37FN4O3. The fraction of sp³-hybridized carbons (Fsp3) is 0.364. The molecule has 1 amide bonds. The van der Waals surface area contributed by atoms with E-state index in [2.05, 4.69) is 27.1 Å². The van der Waals surface area contributed by atoms with Gasteiger partial charge in [0, 0.05) is 22.7 Å². The van der Waals surface area contributed by atoms with Crippen molar-refractivity contribution in [2.24, 2.45) is 5.92 Å². The minimum atomic E-state index is -0.835. The number of carbonyl (C=O) groups is 1. The second-order valence-electron chi connectivity index (χ2n) is 11.1. The average molecular weight is 557 g/mol. The number of piperidine rings is 1. The van der Waals surface area contributed by atoms with Crippen molar-refractivity contribution < 1.29 is 18.7 Å². The molecule has 0 radical (unpaired) electrons. The van der Waals surface area contributed by atoms with Gasteiger partial charge in [-0.15, -0.1) is 0 Å². The molecule has 214 valence electrons. The lowest BCUT2D eigenvalue weighted by molar-refractivity contribution is -0.120. The van der Waals surface area contributed by atoms with E-state index in [1.165, 1.54) is 12.1 Å². The van der Waals surface area contributed by atoms with E-state index in [0.717, 1.165) is 60.2 Å². The summed E-state index contributed by atoms with van der Waals surface area (Å²) in [4.78, 5) is 24.6. The number of likely N-dealkylation sites (tertiary alicyclic amines) is 1. The Morgan fingerprint density at radius 1 is 1.02 bits per heavy atom. The third kappa shape index (κ3) is 6.33. The molecule has 7 nitrogen and oxygen atoms in total. The Bertz CT molecular complexity index is 1500. The lowest BCUT2D eigenvalue weighted by atomic mass is 9.83. The summed E-state index contributed by atoms with van der Waals surface area (Å²) in [5.74, 6) is 1.34. The summed E-state index contributed by atoms with van der Waals surface area (Å²) < 4.78 is 25.3. The van der Waals surface area contributed by atoms with Gasteiger partial charge in [0.05, 0.1) is 30.3 Å². The maximum atomic E-state index is 13.4. The minimum absolute atomic E-state index is 0.183. The largest absolute Gasteiger partial charge is 0.493 e. The van der Waals surface area contributed by atoms with Crippen LogP contribution in [-0.2, 0) is 10.2 Å². The second-order valence-corrected chi connectivity index (χ2v) is 11.1. The van der Waals surface area contributed by atoms with Crippen molar-refractivity contribution >= 4 is 22.5 Å². The Labute approximate surface area is 240 Å². The zero-order valence-corrected chi connectivity index (χ0v) is 24.1. The highest BCUT2D eigenvalue weighted by atomic mass is 19.1. The van der Waals surface area contributed by atoms with Gasteiger partial charge in [0.1, 0.15) is 12.1 Å². The van der Waals surface area contributed by atoms with Gasteiger partial charge in [-0.3, -0.25) is 4.79 Å². The number of nitrogens with zero attached hydrogens (tertiary/aromatic N) is 3. The Balaban J connectivity index is 1.32. The van der Waals surface area contributed by atoms with Gasteiger partial charge in [0.2, 0.25) is 5.91 Å². The molecule has 1 aromatic heterocycles. The molecule has 0 bridgehead atoms. The molecule has 0 saturated carbocycles. The third-order valence-electron chi connectivity index (χ3n) is 8.10. The molecule has 1 fully saturated rings. The van der Waals surface area contributed by atoms with Gasteiger partial charge in [-0.25, -0.2) is 14.4 Å².